The van der Waals surface area contributed by atoms with Crippen molar-refractivity contribution in [2.45, 2.75) is 13.0 Å². The lowest BCUT2D eigenvalue weighted by Crippen LogP contribution is -2.31. The Hall–Kier alpha value is -3.53. The van der Waals surface area contributed by atoms with Gasteiger partial charge in [0.25, 0.3) is 11.6 Å². The molecule has 2 aromatic heterocycles. The number of non-ortho nitro benzene ring substituents is 1. The molecule has 0 atom stereocenters. The smallest absolute Gasteiger partial charge is 0.277 e. The number of nitro benzene ring substituents is 1. The molecule has 0 bridgehead atoms. The Bertz CT molecular complexity index is 1010. The first-order valence-electron chi connectivity index (χ1n) is 7.86. The lowest BCUT2D eigenvalue weighted by molar-refractivity contribution is -0.384. The van der Waals surface area contributed by atoms with Crippen LogP contribution in [0.1, 0.15) is 21.6 Å². The van der Waals surface area contributed by atoms with Crippen LogP contribution < -0.4 is 10.4 Å². The van der Waals surface area contributed by atoms with E-state index in [0.717, 1.165) is 28.6 Å². The molecular formula is C16H14N6O4. The van der Waals surface area contributed by atoms with Gasteiger partial charge in [0.05, 0.1) is 10.5 Å². The third kappa shape index (κ3) is 2.62. The number of rotatable bonds is 3. The van der Waals surface area contributed by atoms with Crippen LogP contribution in [0, 0.1) is 10.1 Å². The molecule has 1 aromatic carbocycles. The van der Waals surface area contributed by atoms with E-state index in [4.69, 9.17) is 5.21 Å². The summed E-state index contributed by atoms with van der Waals surface area (Å²) in [7, 11) is 0. The maximum atomic E-state index is 11.3. The molecule has 26 heavy (non-hydrogen) atoms. The van der Waals surface area contributed by atoms with Crippen LogP contribution in [0.2, 0.25) is 0 Å². The van der Waals surface area contributed by atoms with E-state index in [1.54, 1.807) is 12.1 Å². The molecule has 0 saturated heterocycles. The first-order chi connectivity index (χ1) is 12.6. The zero-order valence-electron chi connectivity index (χ0n) is 13.5. The Morgan fingerprint density at radius 2 is 2.12 bits per heavy atom. The summed E-state index contributed by atoms with van der Waals surface area (Å²) in [5.74, 6) is -0.230. The SMILES string of the molecule is O=C(NO)c1cnc(N2CCc3[nH]c4ccc([N+](=O)[O-])cc4c3C2)nc1. The highest BCUT2D eigenvalue weighted by atomic mass is 16.6. The number of aromatic nitrogens is 3. The maximum Gasteiger partial charge on any atom is 0.277 e. The predicted octanol–water partition coefficient (Wildman–Crippen LogP) is 1.55. The summed E-state index contributed by atoms with van der Waals surface area (Å²) in [6.07, 6.45) is 3.40. The van der Waals surface area contributed by atoms with E-state index in [1.807, 2.05) is 4.90 Å². The molecule has 0 aliphatic carbocycles. The highest BCUT2D eigenvalue weighted by Gasteiger charge is 2.23. The van der Waals surface area contributed by atoms with Crippen molar-refractivity contribution in [3.63, 3.8) is 0 Å². The van der Waals surface area contributed by atoms with Gasteiger partial charge in [-0.2, -0.15) is 0 Å². The van der Waals surface area contributed by atoms with E-state index in [2.05, 4.69) is 15.0 Å². The van der Waals surface area contributed by atoms with Crippen molar-refractivity contribution in [1.82, 2.24) is 20.4 Å². The molecule has 1 amide bonds. The Morgan fingerprint density at radius 3 is 2.81 bits per heavy atom. The minimum Gasteiger partial charge on any atom is -0.358 e. The average molecular weight is 354 g/mol. The summed E-state index contributed by atoms with van der Waals surface area (Å²) < 4.78 is 0. The number of hydrogen-bond donors (Lipinski definition) is 3. The quantitative estimate of drug-likeness (QED) is 0.368. The van der Waals surface area contributed by atoms with Crippen LogP contribution in [-0.4, -0.2) is 37.5 Å². The number of carbonyl (C=O) groups excluding carboxylic acids is 1. The number of benzene rings is 1. The summed E-state index contributed by atoms with van der Waals surface area (Å²) in [6.45, 7) is 1.18. The molecule has 10 heteroatoms. The number of fused-ring (bicyclic) bond motifs is 3. The van der Waals surface area contributed by atoms with E-state index >= 15 is 0 Å². The molecule has 0 saturated carbocycles. The van der Waals surface area contributed by atoms with Crippen molar-refractivity contribution in [3.05, 3.63) is 57.5 Å². The molecule has 1 aliphatic heterocycles. The van der Waals surface area contributed by atoms with Gasteiger partial charge in [0.1, 0.15) is 0 Å². The Balaban J connectivity index is 1.66. The Kier molecular flexibility index (Phi) is 3.73. The molecular weight excluding hydrogens is 340 g/mol. The molecule has 3 N–H and O–H groups in total. The average Bonchev–Trinajstić information content (AvgIpc) is 3.04. The van der Waals surface area contributed by atoms with Gasteiger partial charge in [-0.1, -0.05) is 0 Å². The van der Waals surface area contributed by atoms with Crippen LogP contribution in [0.3, 0.4) is 0 Å². The molecule has 0 unspecified atom stereocenters. The van der Waals surface area contributed by atoms with Gasteiger partial charge in [-0.05, 0) is 6.07 Å². The van der Waals surface area contributed by atoms with Crippen molar-refractivity contribution in [2.24, 2.45) is 0 Å². The molecule has 0 fully saturated rings. The van der Waals surface area contributed by atoms with Crippen molar-refractivity contribution in [2.75, 3.05) is 11.4 Å². The topological polar surface area (TPSA) is 137 Å². The van der Waals surface area contributed by atoms with Gasteiger partial charge in [-0.25, -0.2) is 15.4 Å². The second-order valence-electron chi connectivity index (χ2n) is 5.95. The number of anilines is 1. The van der Waals surface area contributed by atoms with Crippen molar-refractivity contribution in [1.29, 1.82) is 0 Å². The maximum absolute atomic E-state index is 11.3. The highest BCUT2D eigenvalue weighted by Crippen LogP contribution is 2.31. The fraction of sp³-hybridized carbons (Fsp3) is 0.188. The van der Waals surface area contributed by atoms with Crippen molar-refractivity contribution < 1.29 is 14.9 Å². The van der Waals surface area contributed by atoms with Crippen molar-refractivity contribution >= 4 is 28.4 Å². The summed E-state index contributed by atoms with van der Waals surface area (Å²) in [4.78, 5) is 35.6. The zero-order valence-corrected chi connectivity index (χ0v) is 13.5. The third-order valence-corrected chi connectivity index (χ3v) is 4.45. The highest BCUT2D eigenvalue weighted by molar-refractivity contribution is 5.92. The fourth-order valence-corrected chi connectivity index (χ4v) is 3.15. The fourth-order valence-electron chi connectivity index (χ4n) is 3.15. The summed E-state index contributed by atoms with van der Waals surface area (Å²) >= 11 is 0. The molecule has 3 heterocycles. The first-order valence-corrected chi connectivity index (χ1v) is 7.86. The van der Waals surface area contributed by atoms with Crippen LogP contribution in [-0.2, 0) is 13.0 Å². The van der Waals surface area contributed by atoms with Crippen LogP contribution in [0.25, 0.3) is 10.9 Å². The zero-order chi connectivity index (χ0) is 18.3. The van der Waals surface area contributed by atoms with Gasteiger partial charge < -0.3 is 9.88 Å². The minimum absolute atomic E-state index is 0.0482. The number of nitro groups is 1. The molecule has 132 valence electrons. The molecule has 0 radical (unpaired) electrons. The van der Waals surface area contributed by atoms with Gasteiger partial charge in [-0.15, -0.1) is 0 Å². The van der Waals surface area contributed by atoms with E-state index in [9.17, 15) is 14.9 Å². The molecule has 1 aliphatic rings. The van der Waals surface area contributed by atoms with Crippen LogP contribution in [0.15, 0.2) is 30.6 Å². The minimum atomic E-state index is -0.679. The Labute approximate surface area is 146 Å². The number of carbonyl (C=O) groups is 1. The van der Waals surface area contributed by atoms with Gasteiger partial charge >= 0.3 is 0 Å². The Morgan fingerprint density at radius 1 is 1.35 bits per heavy atom. The van der Waals surface area contributed by atoms with Gasteiger partial charge in [0, 0.05) is 66.2 Å². The summed E-state index contributed by atoms with van der Waals surface area (Å²) in [6, 6.07) is 4.77. The normalized spacial score (nSPS) is 13.5. The van der Waals surface area contributed by atoms with E-state index < -0.39 is 10.8 Å². The number of nitrogens with one attached hydrogen (secondary N) is 2. The number of aromatic amines is 1. The van der Waals surface area contributed by atoms with Gasteiger partial charge in [-0.3, -0.25) is 20.1 Å². The van der Waals surface area contributed by atoms with Gasteiger partial charge in [0.2, 0.25) is 5.95 Å². The van der Waals surface area contributed by atoms with Crippen molar-refractivity contribution in [3.8, 4) is 0 Å². The largest absolute Gasteiger partial charge is 0.358 e. The van der Waals surface area contributed by atoms with Crippen LogP contribution in [0.4, 0.5) is 11.6 Å². The number of H-pyrrole nitrogens is 1. The van der Waals surface area contributed by atoms with Crippen LogP contribution >= 0.6 is 0 Å². The second kappa shape index (κ2) is 6.08. The van der Waals surface area contributed by atoms with E-state index in [-0.39, 0.29) is 11.3 Å². The molecule has 10 nitrogen and oxygen atoms in total. The molecule has 3 aromatic rings. The third-order valence-electron chi connectivity index (χ3n) is 4.45. The van der Waals surface area contributed by atoms with Gasteiger partial charge in [0.15, 0.2) is 0 Å². The summed E-state index contributed by atoms with van der Waals surface area (Å²) in [5.41, 5.74) is 4.62. The number of hydrogen-bond acceptors (Lipinski definition) is 7. The predicted molar refractivity (Wildman–Crippen MR) is 91.0 cm³/mol. The summed E-state index contributed by atoms with van der Waals surface area (Å²) in [5, 5.41) is 20.5. The number of hydroxylamine groups is 1. The second-order valence-corrected chi connectivity index (χ2v) is 5.95. The number of nitrogens with zero attached hydrogens (tertiary/aromatic N) is 4. The van der Waals surface area contributed by atoms with E-state index in [1.165, 1.54) is 23.9 Å². The first kappa shape index (κ1) is 16.0. The number of amides is 1. The molecule has 0 spiro atoms. The standard InChI is InChI=1S/C16H14N6O4/c23-15(20-24)9-6-17-16(18-7-9)21-4-3-14-12(8-21)11-5-10(22(25)26)1-2-13(11)19-14/h1-2,5-7,19,24H,3-4,8H2,(H,20,23). The lowest BCUT2D eigenvalue weighted by atomic mass is 10.0. The molecule has 4 rings (SSSR count). The van der Waals surface area contributed by atoms with Crippen LogP contribution in [0.5, 0.6) is 0 Å². The lowest BCUT2D eigenvalue weighted by Gasteiger charge is -2.27. The van der Waals surface area contributed by atoms with E-state index in [0.29, 0.717) is 19.0 Å². The monoisotopic (exact) mass is 354 g/mol.